The van der Waals surface area contributed by atoms with E-state index in [0.717, 1.165) is 0 Å². The third-order valence-corrected chi connectivity index (χ3v) is 1.96. The fourth-order valence-electron chi connectivity index (χ4n) is 1.04. The summed E-state index contributed by atoms with van der Waals surface area (Å²) in [7, 11) is 0. The number of carbonyl (C=O) groups is 3. The van der Waals surface area contributed by atoms with Crippen LogP contribution >= 0.6 is 0 Å². The Morgan fingerprint density at radius 2 is 2.00 bits per heavy atom. The Morgan fingerprint density at radius 1 is 1.39 bits per heavy atom. The lowest BCUT2D eigenvalue weighted by molar-refractivity contribution is -0.149. The number of carboxylic acid groups (broad SMARTS) is 1. The number of rotatable bonds is 8. The summed E-state index contributed by atoms with van der Waals surface area (Å²) in [6.07, 6.45) is 0.0460. The molecule has 18 heavy (non-hydrogen) atoms. The van der Waals surface area contributed by atoms with Crippen molar-refractivity contribution >= 4 is 17.8 Å². The Bertz CT molecular complexity index is 307. The van der Waals surface area contributed by atoms with Crippen LogP contribution in [-0.4, -0.2) is 53.4 Å². The van der Waals surface area contributed by atoms with Gasteiger partial charge in [-0.25, -0.2) is 4.79 Å². The van der Waals surface area contributed by atoms with Gasteiger partial charge in [0.2, 0.25) is 5.91 Å². The van der Waals surface area contributed by atoms with E-state index in [1.165, 1.54) is 0 Å². The van der Waals surface area contributed by atoms with E-state index in [2.05, 4.69) is 5.32 Å². The number of hydrogen-bond acceptors (Lipinski definition) is 6. The van der Waals surface area contributed by atoms with Crippen molar-refractivity contribution in [3.63, 3.8) is 0 Å². The second-order valence-corrected chi connectivity index (χ2v) is 3.62. The Labute approximate surface area is 104 Å². The van der Waals surface area contributed by atoms with E-state index in [1.807, 2.05) is 0 Å². The normalized spacial score (nSPS) is 13.5. The maximum atomic E-state index is 11.4. The summed E-state index contributed by atoms with van der Waals surface area (Å²) >= 11 is 0. The molecule has 2 atom stereocenters. The van der Waals surface area contributed by atoms with E-state index in [9.17, 15) is 14.4 Å². The van der Waals surface area contributed by atoms with E-state index in [1.54, 1.807) is 6.92 Å². The van der Waals surface area contributed by atoms with Gasteiger partial charge in [0.05, 0.1) is 25.7 Å². The molecule has 0 heterocycles. The molecule has 0 aliphatic rings. The van der Waals surface area contributed by atoms with Gasteiger partial charge in [-0.3, -0.25) is 9.59 Å². The standard InChI is InChI=1S/C10H18N2O6/c1-2-3-18-10(17)7(5-13)12-9(16)6(11)4-8(14)15/h6-7,13H,2-5,11H2,1H3,(H,12,16)(H,14,15)/t6-,7-/m0/s1. The largest absolute Gasteiger partial charge is 0.481 e. The second-order valence-electron chi connectivity index (χ2n) is 3.62. The fraction of sp³-hybridized carbons (Fsp3) is 0.700. The molecule has 0 aromatic heterocycles. The lowest BCUT2D eigenvalue weighted by Gasteiger charge is -2.17. The molecule has 8 nitrogen and oxygen atoms in total. The van der Waals surface area contributed by atoms with Crippen LogP contribution in [0.25, 0.3) is 0 Å². The summed E-state index contributed by atoms with van der Waals surface area (Å²) in [5, 5.41) is 19.5. The summed E-state index contributed by atoms with van der Waals surface area (Å²) in [6.45, 7) is 1.32. The lowest BCUT2D eigenvalue weighted by Crippen LogP contribution is -2.51. The second kappa shape index (κ2) is 8.43. The molecule has 8 heteroatoms. The van der Waals surface area contributed by atoms with E-state index in [0.29, 0.717) is 6.42 Å². The zero-order chi connectivity index (χ0) is 14.1. The summed E-state index contributed by atoms with van der Waals surface area (Å²) < 4.78 is 4.74. The molecule has 0 radical (unpaired) electrons. The van der Waals surface area contributed by atoms with Gasteiger partial charge in [-0.2, -0.15) is 0 Å². The van der Waals surface area contributed by atoms with Crippen molar-refractivity contribution < 1.29 is 29.3 Å². The highest BCUT2D eigenvalue weighted by Gasteiger charge is 2.25. The van der Waals surface area contributed by atoms with Crippen molar-refractivity contribution in [1.29, 1.82) is 0 Å². The third-order valence-electron chi connectivity index (χ3n) is 1.96. The maximum absolute atomic E-state index is 11.4. The topological polar surface area (TPSA) is 139 Å². The molecule has 0 unspecified atom stereocenters. The zero-order valence-corrected chi connectivity index (χ0v) is 10.1. The quantitative estimate of drug-likeness (QED) is 0.379. The van der Waals surface area contributed by atoms with Gasteiger partial charge < -0.3 is 26.0 Å². The van der Waals surface area contributed by atoms with Crippen molar-refractivity contribution in [1.82, 2.24) is 5.32 Å². The number of ether oxygens (including phenoxy) is 1. The minimum absolute atomic E-state index is 0.173. The van der Waals surface area contributed by atoms with Crippen molar-refractivity contribution in [2.75, 3.05) is 13.2 Å². The van der Waals surface area contributed by atoms with Crippen LogP contribution in [-0.2, 0) is 19.1 Å². The zero-order valence-electron chi connectivity index (χ0n) is 10.1. The Hall–Kier alpha value is -1.67. The Morgan fingerprint density at radius 3 is 2.44 bits per heavy atom. The predicted molar refractivity (Wildman–Crippen MR) is 60.5 cm³/mol. The van der Waals surface area contributed by atoms with Gasteiger partial charge >= 0.3 is 11.9 Å². The van der Waals surface area contributed by atoms with Crippen LogP contribution < -0.4 is 11.1 Å². The summed E-state index contributed by atoms with van der Waals surface area (Å²) in [5.74, 6) is -2.84. The molecule has 0 fully saturated rings. The van der Waals surface area contributed by atoms with Gasteiger partial charge in [-0.15, -0.1) is 0 Å². The van der Waals surface area contributed by atoms with Gasteiger partial charge in [0.1, 0.15) is 0 Å². The van der Waals surface area contributed by atoms with E-state index in [-0.39, 0.29) is 6.61 Å². The molecule has 104 valence electrons. The van der Waals surface area contributed by atoms with Gasteiger partial charge in [0.25, 0.3) is 0 Å². The first kappa shape index (κ1) is 16.3. The lowest BCUT2D eigenvalue weighted by atomic mass is 10.2. The van der Waals surface area contributed by atoms with Crippen LogP contribution in [0.3, 0.4) is 0 Å². The molecule has 0 aromatic rings. The van der Waals surface area contributed by atoms with Gasteiger partial charge in [-0.05, 0) is 6.42 Å². The van der Waals surface area contributed by atoms with Crippen molar-refractivity contribution in [2.45, 2.75) is 31.8 Å². The van der Waals surface area contributed by atoms with E-state index < -0.39 is 43.0 Å². The van der Waals surface area contributed by atoms with Gasteiger partial charge in [0.15, 0.2) is 6.04 Å². The van der Waals surface area contributed by atoms with Crippen LogP contribution in [0, 0.1) is 0 Å². The van der Waals surface area contributed by atoms with Crippen LogP contribution in [0.2, 0.25) is 0 Å². The van der Waals surface area contributed by atoms with Gasteiger partial charge in [-0.1, -0.05) is 6.92 Å². The highest BCUT2D eigenvalue weighted by Crippen LogP contribution is 1.94. The third kappa shape index (κ3) is 6.16. The molecule has 0 spiro atoms. The highest BCUT2D eigenvalue weighted by atomic mass is 16.5. The first-order chi connectivity index (χ1) is 8.42. The fourth-order valence-corrected chi connectivity index (χ4v) is 1.04. The average molecular weight is 262 g/mol. The predicted octanol–water partition coefficient (Wildman–Crippen LogP) is -1.78. The number of amides is 1. The first-order valence-corrected chi connectivity index (χ1v) is 5.47. The molecule has 0 saturated heterocycles. The smallest absolute Gasteiger partial charge is 0.331 e. The number of aliphatic hydroxyl groups is 1. The van der Waals surface area contributed by atoms with E-state index >= 15 is 0 Å². The number of nitrogens with two attached hydrogens (primary N) is 1. The Kier molecular flexibility index (Phi) is 7.64. The van der Waals surface area contributed by atoms with Crippen LogP contribution in [0.5, 0.6) is 0 Å². The molecule has 0 aromatic carbocycles. The molecular formula is C10H18N2O6. The first-order valence-electron chi connectivity index (χ1n) is 5.47. The van der Waals surface area contributed by atoms with Crippen molar-refractivity contribution in [3.05, 3.63) is 0 Å². The van der Waals surface area contributed by atoms with E-state index in [4.69, 9.17) is 20.7 Å². The Balaban J connectivity index is 4.30. The van der Waals surface area contributed by atoms with Crippen molar-refractivity contribution in [3.8, 4) is 0 Å². The maximum Gasteiger partial charge on any atom is 0.331 e. The molecule has 1 amide bonds. The summed E-state index contributed by atoms with van der Waals surface area (Å²) in [5.41, 5.74) is 5.29. The molecular weight excluding hydrogens is 244 g/mol. The number of carboxylic acids is 1. The summed E-state index contributed by atoms with van der Waals surface area (Å²) in [6, 6.07) is -2.51. The van der Waals surface area contributed by atoms with Gasteiger partial charge in [0, 0.05) is 0 Å². The summed E-state index contributed by atoms with van der Waals surface area (Å²) in [4.78, 5) is 33.1. The van der Waals surface area contributed by atoms with Crippen LogP contribution in [0.4, 0.5) is 0 Å². The number of hydrogen-bond donors (Lipinski definition) is 4. The molecule has 0 bridgehead atoms. The minimum Gasteiger partial charge on any atom is -0.481 e. The van der Waals surface area contributed by atoms with Crippen LogP contribution in [0.1, 0.15) is 19.8 Å². The highest BCUT2D eigenvalue weighted by molar-refractivity contribution is 5.89. The number of aliphatic carboxylic acids is 1. The minimum atomic E-state index is -1.28. The SMILES string of the molecule is CCCOC(=O)[C@H](CO)NC(=O)[C@@H](N)CC(=O)O. The monoisotopic (exact) mass is 262 g/mol. The molecule has 0 saturated carbocycles. The number of esters is 1. The molecule has 0 rings (SSSR count). The average Bonchev–Trinajstić information content (AvgIpc) is 2.31. The molecule has 5 N–H and O–H groups in total. The molecule has 0 aliphatic carbocycles. The number of nitrogens with one attached hydrogen (secondary N) is 1. The number of carbonyl (C=O) groups excluding carboxylic acids is 2. The number of aliphatic hydroxyl groups excluding tert-OH is 1. The molecule has 0 aliphatic heterocycles. The van der Waals surface area contributed by atoms with Crippen LogP contribution in [0.15, 0.2) is 0 Å². The van der Waals surface area contributed by atoms with Crippen molar-refractivity contribution in [2.24, 2.45) is 5.73 Å².